The number of ether oxygens (including phenoxy) is 1. The minimum absolute atomic E-state index is 0.396. The molecule has 104 valence electrons. The Morgan fingerprint density at radius 1 is 1.35 bits per heavy atom. The average Bonchev–Trinajstić information content (AvgIpc) is 2.46. The predicted octanol–water partition coefficient (Wildman–Crippen LogP) is 1.77. The van der Waals surface area contributed by atoms with E-state index in [1.54, 1.807) is 30.6 Å². The van der Waals surface area contributed by atoms with Crippen LogP contribution in [0.4, 0.5) is 11.4 Å². The van der Waals surface area contributed by atoms with Crippen LogP contribution in [-0.4, -0.2) is 23.0 Å². The van der Waals surface area contributed by atoms with Crippen LogP contribution in [0.25, 0.3) is 0 Å². The van der Waals surface area contributed by atoms with Gasteiger partial charge in [-0.25, -0.2) is 4.79 Å². The SMILES string of the molecule is COC(=O)c1cccc(N)c1NCc1cnc(C)cn1. The fraction of sp³-hybridized carbons (Fsp3) is 0.214. The number of benzene rings is 1. The number of hydrogen-bond acceptors (Lipinski definition) is 6. The number of carbonyl (C=O) groups excluding carboxylic acids is 1. The topological polar surface area (TPSA) is 90.1 Å². The first-order valence-corrected chi connectivity index (χ1v) is 6.10. The number of nitrogens with one attached hydrogen (secondary N) is 1. The third kappa shape index (κ3) is 3.03. The van der Waals surface area contributed by atoms with Crippen molar-refractivity contribution in [2.24, 2.45) is 0 Å². The molecule has 0 saturated carbocycles. The summed E-state index contributed by atoms with van der Waals surface area (Å²) in [6, 6.07) is 5.08. The van der Waals surface area contributed by atoms with E-state index >= 15 is 0 Å². The van der Waals surface area contributed by atoms with Crippen molar-refractivity contribution in [1.82, 2.24) is 9.97 Å². The number of methoxy groups -OCH3 is 1. The van der Waals surface area contributed by atoms with E-state index < -0.39 is 5.97 Å². The fourth-order valence-corrected chi connectivity index (χ4v) is 1.74. The molecule has 2 rings (SSSR count). The van der Waals surface area contributed by atoms with Crippen LogP contribution in [0.3, 0.4) is 0 Å². The summed E-state index contributed by atoms with van der Waals surface area (Å²) >= 11 is 0. The van der Waals surface area contributed by atoms with Gasteiger partial charge in [0.25, 0.3) is 0 Å². The molecule has 0 aliphatic rings. The van der Waals surface area contributed by atoms with Crippen LogP contribution in [0.2, 0.25) is 0 Å². The molecule has 0 spiro atoms. The first-order chi connectivity index (χ1) is 9.61. The largest absolute Gasteiger partial charge is 0.465 e. The predicted molar refractivity (Wildman–Crippen MR) is 76.3 cm³/mol. The zero-order valence-corrected chi connectivity index (χ0v) is 11.4. The fourth-order valence-electron chi connectivity index (χ4n) is 1.74. The van der Waals surface area contributed by atoms with E-state index in [-0.39, 0.29) is 0 Å². The third-order valence-electron chi connectivity index (χ3n) is 2.78. The molecule has 2 aromatic rings. The van der Waals surface area contributed by atoms with Crippen molar-refractivity contribution in [2.75, 3.05) is 18.2 Å². The van der Waals surface area contributed by atoms with E-state index in [9.17, 15) is 4.79 Å². The first-order valence-electron chi connectivity index (χ1n) is 6.10. The Hall–Kier alpha value is -2.63. The molecule has 6 heteroatoms. The number of nitrogen functional groups attached to an aromatic ring is 1. The molecule has 0 bridgehead atoms. The lowest BCUT2D eigenvalue weighted by atomic mass is 10.1. The number of aryl methyl sites for hydroxylation is 1. The molecule has 0 fully saturated rings. The smallest absolute Gasteiger partial charge is 0.340 e. The summed E-state index contributed by atoms with van der Waals surface area (Å²) in [6.07, 6.45) is 3.37. The van der Waals surface area contributed by atoms with Crippen molar-refractivity contribution in [3.8, 4) is 0 Å². The van der Waals surface area contributed by atoms with Gasteiger partial charge in [-0.15, -0.1) is 0 Å². The first kappa shape index (κ1) is 13.8. The molecule has 0 aliphatic heterocycles. The molecule has 6 nitrogen and oxygen atoms in total. The van der Waals surface area contributed by atoms with E-state index in [0.717, 1.165) is 11.4 Å². The Kier molecular flexibility index (Phi) is 4.14. The highest BCUT2D eigenvalue weighted by atomic mass is 16.5. The lowest BCUT2D eigenvalue weighted by Gasteiger charge is -2.12. The Bertz CT molecular complexity index is 611. The zero-order chi connectivity index (χ0) is 14.5. The van der Waals surface area contributed by atoms with Crippen molar-refractivity contribution in [3.63, 3.8) is 0 Å². The van der Waals surface area contributed by atoms with E-state index in [1.807, 2.05) is 6.92 Å². The van der Waals surface area contributed by atoms with Gasteiger partial charge < -0.3 is 15.8 Å². The van der Waals surface area contributed by atoms with Crippen molar-refractivity contribution < 1.29 is 9.53 Å². The van der Waals surface area contributed by atoms with Crippen LogP contribution >= 0.6 is 0 Å². The Morgan fingerprint density at radius 2 is 2.15 bits per heavy atom. The van der Waals surface area contributed by atoms with Gasteiger partial charge in [-0.2, -0.15) is 0 Å². The van der Waals surface area contributed by atoms with Gasteiger partial charge in [0.15, 0.2) is 0 Å². The second-order valence-corrected chi connectivity index (χ2v) is 4.26. The summed E-state index contributed by atoms with van der Waals surface area (Å²) in [5, 5.41) is 3.10. The molecular weight excluding hydrogens is 256 g/mol. The summed E-state index contributed by atoms with van der Waals surface area (Å²) in [5.74, 6) is -0.435. The molecular formula is C14H16N4O2. The number of rotatable bonds is 4. The van der Waals surface area contributed by atoms with Gasteiger partial charge in [0, 0.05) is 6.20 Å². The van der Waals surface area contributed by atoms with Gasteiger partial charge in [-0.3, -0.25) is 9.97 Å². The van der Waals surface area contributed by atoms with E-state index in [4.69, 9.17) is 10.5 Å². The van der Waals surface area contributed by atoms with Gasteiger partial charge >= 0.3 is 5.97 Å². The van der Waals surface area contributed by atoms with Crippen LogP contribution in [0.15, 0.2) is 30.6 Å². The van der Waals surface area contributed by atoms with E-state index in [2.05, 4.69) is 15.3 Å². The van der Waals surface area contributed by atoms with Crippen molar-refractivity contribution in [1.29, 1.82) is 0 Å². The molecule has 20 heavy (non-hydrogen) atoms. The Labute approximate surface area is 117 Å². The molecule has 0 aliphatic carbocycles. The molecule has 0 atom stereocenters. The summed E-state index contributed by atoms with van der Waals surface area (Å²) in [6.45, 7) is 2.29. The second-order valence-electron chi connectivity index (χ2n) is 4.26. The number of esters is 1. The van der Waals surface area contributed by atoms with Gasteiger partial charge in [-0.1, -0.05) is 6.07 Å². The Morgan fingerprint density at radius 3 is 2.80 bits per heavy atom. The van der Waals surface area contributed by atoms with E-state index in [0.29, 0.717) is 23.5 Å². The number of para-hydroxylation sites is 1. The van der Waals surface area contributed by atoms with Crippen LogP contribution in [-0.2, 0) is 11.3 Å². The molecule has 0 saturated heterocycles. The van der Waals surface area contributed by atoms with E-state index in [1.165, 1.54) is 7.11 Å². The maximum atomic E-state index is 11.7. The molecule has 0 amide bonds. The lowest BCUT2D eigenvalue weighted by Crippen LogP contribution is -2.11. The zero-order valence-electron chi connectivity index (χ0n) is 11.4. The number of hydrogen-bond donors (Lipinski definition) is 2. The maximum absolute atomic E-state index is 11.7. The molecule has 0 radical (unpaired) electrons. The molecule has 0 unspecified atom stereocenters. The van der Waals surface area contributed by atoms with Crippen molar-refractivity contribution >= 4 is 17.3 Å². The highest BCUT2D eigenvalue weighted by molar-refractivity contribution is 5.98. The summed E-state index contributed by atoms with van der Waals surface area (Å²) in [5.41, 5.74) is 8.92. The summed E-state index contributed by atoms with van der Waals surface area (Å²) in [4.78, 5) is 20.1. The minimum Gasteiger partial charge on any atom is -0.465 e. The highest BCUT2D eigenvalue weighted by Gasteiger charge is 2.13. The molecule has 1 heterocycles. The summed E-state index contributed by atoms with van der Waals surface area (Å²) < 4.78 is 4.74. The number of anilines is 2. The maximum Gasteiger partial charge on any atom is 0.340 e. The summed E-state index contributed by atoms with van der Waals surface area (Å²) in [7, 11) is 1.33. The standard InChI is InChI=1S/C14H16N4O2/c1-9-6-17-10(7-16-9)8-18-13-11(14(19)20-2)4-3-5-12(13)15/h3-7,18H,8,15H2,1-2H3. The Balaban J connectivity index is 2.20. The molecule has 1 aromatic carbocycles. The quantitative estimate of drug-likeness (QED) is 0.651. The van der Waals surface area contributed by atoms with Gasteiger partial charge in [-0.05, 0) is 19.1 Å². The number of carbonyl (C=O) groups is 1. The van der Waals surface area contributed by atoms with Gasteiger partial charge in [0.2, 0.25) is 0 Å². The normalized spacial score (nSPS) is 10.1. The van der Waals surface area contributed by atoms with Gasteiger partial charge in [0.1, 0.15) is 0 Å². The monoisotopic (exact) mass is 272 g/mol. The third-order valence-corrected chi connectivity index (χ3v) is 2.78. The number of aromatic nitrogens is 2. The lowest BCUT2D eigenvalue weighted by molar-refractivity contribution is 0.0602. The van der Waals surface area contributed by atoms with Crippen LogP contribution < -0.4 is 11.1 Å². The number of nitrogens with zero attached hydrogens (tertiary/aromatic N) is 2. The van der Waals surface area contributed by atoms with Crippen molar-refractivity contribution in [3.05, 3.63) is 47.5 Å². The molecule has 1 aromatic heterocycles. The number of nitrogens with two attached hydrogens (primary N) is 1. The van der Waals surface area contributed by atoms with Crippen LogP contribution in [0.1, 0.15) is 21.7 Å². The second kappa shape index (κ2) is 6.01. The van der Waals surface area contributed by atoms with Crippen LogP contribution in [0, 0.1) is 6.92 Å². The molecule has 3 N–H and O–H groups in total. The average molecular weight is 272 g/mol. The van der Waals surface area contributed by atoms with Crippen LogP contribution in [0.5, 0.6) is 0 Å². The minimum atomic E-state index is -0.435. The highest BCUT2D eigenvalue weighted by Crippen LogP contribution is 2.24. The van der Waals surface area contributed by atoms with Gasteiger partial charge in [0.05, 0.1) is 48.2 Å². The van der Waals surface area contributed by atoms with Crippen molar-refractivity contribution in [2.45, 2.75) is 13.5 Å².